The summed E-state index contributed by atoms with van der Waals surface area (Å²) < 4.78 is 0. The Morgan fingerprint density at radius 2 is 2.17 bits per heavy atom. The molecule has 0 saturated heterocycles. The Bertz CT molecular complexity index is 703. The Kier molecular flexibility index (Phi) is 2.76. The first-order valence-corrected chi connectivity index (χ1v) is 6.23. The van der Waals surface area contributed by atoms with Crippen molar-refractivity contribution in [2.45, 2.75) is 13.3 Å². The fourth-order valence-electron chi connectivity index (χ4n) is 2.09. The molecule has 1 aromatic carbocycles. The summed E-state index contributed by atoms with van der Waals surface area (Å²) >= 11 is 6.14. The van der Waals surface area contributed by atoms with Crippen LogP contribution in [0.25, 0.3) is 22.0 Å². The molecule has 0 radical (unpaired) electrons. The summed E-state index contributed by atoms with van der Waals surface area (Å²) in [7, 11) is 0. The van der Waals surface area contributed by atoms with Crippen LogP contribution in [0, 0.1) is 0 Å². The Hall–Kier alpha value is -1.87. The van der Waals surface area contributed by atoms with Crippen LogP contribution in [0.1, 0.15) is 12.6 Å². The highest BCUT2D eigenvalue weighted by Crippen LogP contribution is 2.31. The molecule has 0 aliphatic heterocycles. The van der Waals surface area contributed by atoms with E-state index in [1.807, 2.05) is 30.6 Å². The fraction of sp³-hybridized carbons (Fsp3) is 0.143. The van der Waals surface area contributed by atoms with Crippen molar-refractivity contribution in [3.63, 3.8) is 0 Å². The van der Waals surface area contributed by atoms with E-state index < -0.39 is 0 Å². The molecule has 0 spiro atoms. The number of hydrogen-bond donors (Lipinski definition) is 1. The lowest BCUT2D eigenvalue weighted by Gasteiger charge is -2.06. The quantitative estimate of drug-likeness (QED) is 0.758. The number of aryl methyl sites for hydroxylation is 1. The van der Waals surface area contributed by atoms with Gasteiger partial charge in [0.05, 0.1) is 11.7 Å². The van der Waals surface area contributed by atoms with E-state index in [0.717, 1.165) is 34.1 Å². The van der Waals surface area contributed by atoms with Crippen molar-refractivity contribution in [2.24, 2.45) is 0 Å². The van der Waals surface area contributed by atoms with E-state index in [-0.39, 0.29) is 0 Å². The second-order valence-electron chi connectivity index (χ2n) is 4.17. The number of benzene rings is 1. The average molecular weight is 258 g/mol. The lowest BCUT2D eigenvalue weighted by Crippen LogP contribution is -1.88. The monoisotopic (exact) mass is 257 g/mol. The van der Waals surface area contributed by atoms with Gasteiger partial charge in [0, 0.05) is 22.3 Å². The molecule has 0 saturated carbocycles. The van der Waals surface area contributed by atoms with Gasteiger partial charge in [0.25, 0.3) is 0 Å². The largest absolute Gasteiger partial charge is 0.278 e. The summed E-state index contributed by atoms with van der Waals surface area (Å²) in [5.74, 6) is 0. The topological polar surface area (TPSA) is 41.6 Å². The van der Waals surface area contributed by atoms with Crippen molar-refractivity contribution in [1.82, 2.24) is 15.2 Å². The van der Waals surface area contributed by atoms with Crippen LogP contribution >= 0.6 is 11.6 Å². The highest BCUT2D eigenvalue weighted by atomic mass is 35.5. The third-order valence-corrected chi connectivity index (χ3v) is 3.23. The van der Waals surface area contributed by atoms with Gasteiger partial charge in [-0.25, -0.2) is 0 Å². The Morgan fingerprint density at radius 3 is 3.00 bits per heavy atom. The predicted molar refractivity (Wildman–Crippen MR) is 73.7 cm³/mol. The van der Waals surface area contributed by atoms with Crippen LogP contribution in [0.4, 0.5) is 0 Å². The van der Waals surface area contributed by atoms with E-state index in [0.29, 0.717) is 5.02 Å². The van der Waals surface area contributed by atoms with Crippen molar-refractivity contribution < 1.29 is 0 Å². The van der Waals surface area contributed by atoms with E-state index in [1.54, 1.807) is 0 Å². The van der Waals surface area contributed by atoms with E-state index in [4.69, 9.17) is 11.6 Å². The summed E-state index contributed by atoms with van der Waals surface area (Å²) in [5, 5.41) is 8.80. The molecule has 18 heavy (non-hydrogen) atoms. The molecule has 1 N–H and O–H groups in total. The maximum Gasteiger partial charge on any atom is 0.0671 e. The zero-order valence-corrected chi connectivity index (χ0v) is 10.7. The molecule has 0 atom stereocenters. The summed E-state index contributed by atoms with van der Waals surface area (Å²) in [6.45, 7) is 2.09. The van der Waals surface area contributed by atoms with Gasteiger partial charge in [-0.1, -0.05) is 18.5 Å². The molecule has 3 aromatic rings. The molecular formula is C14H12ClN3. The zero-order valence-electron chi connectivity index (χ0n) is 9.94. The van der Waals surface area contributed by atoms with Crippen LogP contribution in [-0.2, 0) is 6.42 Å². The van der Waals surface area contributed by atoms with Gasteiger partial charge < -0.3 is 0 Å². The Balaban J connectivity index is 2.26. The second kappa shape index (κ2) is 4.42. The number of aromatic amines is 1. The van der Waals surface area contributed by atoms with Crippen LogP contribution in [0.15, 0.2) is 36.7 Å². The summed E-state index contributed by atoms with van der Waals surface area (Å²) in [6, 6.07) is 7.94. The van der Waals surface area contributed by atoms with Crippen LogP contribution < -0.4 is 0 Å². The van der Waals surface area contributed by atoms with Crippen molar-refractivity contribution in [3.8, 4) is 11.1 Å². The SMILES string of the molecule is CCc1cc(-c2cc(Cl)cc3[nH]ncc23)ccn1. The van der Waals surface area contributed by atoms with Crippen LogP contribution in [-0.4, -0.2) is 15.2 Å². The van der Waals surface area contributed by atoms with Gasteiger partial charge in [-0.2, -0.15) is 5.10 Å². The molecule has 0 bridgehead atoms. The summed E-state index contributed by atoms with van der Waals surface area (Å²) in [5.41, 5.74) is 4.23. The van der Waals surface area contributed by atoms with Crippen molar-refractivity contribution >= 4 is 22.5 Å². The highest BCUT2D eigenvalue weighted by Gasteiger charge is 2.08. The third kappa shape index (κ3) is 1.87. The number of H-pyrrole nitrogens is 1. The number of halogens is 1. The van der Waals surface area contributed by atoms with Crippen LogP contribution in [0.5, 0.6) is 0 Å². The van der Waals surface area contributed by atoms with Gasteiger partial charge in [-0.05, 0) is 41.8 Å². The molecular weight excluding hydrogens is 246 g/mol. The zero-order chi connectivity index (χ0) is 12.5. The molecule has 2 aromatic heterocycles. The summed E-state index contributed by atoms with van der Waals surface area (Å²) in [4.78, 5) is 4.32. The smallest absolute Gasteiger partial charge is 0.0671 e. The number of aromatic nitrogens is 3. The van der Waals surface area contributed by atoms with Gasteiger partial charge in [0.1, 0.15) is 0 Å². The van der Waals surface area contributed by atoms with Gasteiger partial charge >= 0.3 is 0 Å². The van der Waals surface area contributed by atoms with Gasteiger partial charge in [0.2, 0.25) is 0 Å². The minimum absolute atomic E-state index is 0.705. The summed E-state index contributed by atoms with van der Waals surface area (Å²) in [6.07, 6.45) is 4.58. The van der Waals surface area contributed by atoms with E-state index >= 15 is 0 Å². The first-order chi connectivity index (χ1) is 8.78. The first kappa shape index (κ1) is 11.2. The molecule has 0 fully saturated rings. The minimum Gasteiger partial charge on any atom is -0.278 e. The number of pyridine rings is 1. The number of hydrogen-bond acceptors (Lipinski definition) is 2. The van der Waals surface area contributed by atoms with Gasteiger partial charge in [0.15, 0.2) is 0 Å². The van der Waals surface area contributed by atoms with Crippen LogP contribution in [0.2, 0.25) is 5.02 Å². The van der Waals surface area contributed by atoms with E-state index in [1.165, 1.54) is 0 Å². The Morgan fingerprint density at radius 1 is 1.28 bits per heavy atom. The number of nitrogens with zero attached hydrogens (tertiary/aromatic N) is 2. The maximum atomic E-state index is 6.14. The normalized spacial score (nSPS) is 11.0. The number of fused-ring (bicyclic) bond motifs is 1. The van der Waals surface area contributed by atoms with E-state index in [9.17, 15) is 0 Å². The lowest BCUT2D eigenvalue weighted by molar-refractivity contribution is 1.04. The van der Waals surface area contributed by atoms with Crippen LogP contribution in [0.3, 0.4) is 0 Å². The van der Waals surface area contributed by atoms with Crippen molar-refractivity contribution in [2.75, 3.05) is 0 Å². The molecule has 3 nitrogen and oxygen atoms in total. The minimum atomic E-state index is 0.705. The molecule has 0 unspecified atom stereocenters. The molecule has 2 heterocycles. The van der Waals surface area contributed by atoms with Gasteiger partial charge in [-0.15, -0.1) is 0 Å². The van der Waals surface area contributed by atoms with Gasteiger partial charge in [-0.3, -0.25) is 10.1 Å². The molecule has 0 aliphatic rings. The standard InChI is InChI=1S/C14H12ClN3/c1-2-11-5-9(3-4-16-11)12-6-10(15)7-14-13(12)8-17-18-14/h3-8H,2H2,1H3,(H,17,18). The molecule has 0 amide bonds. The number of nitrogens with one attached hydrogen (secondary N) is 1. The predicted octanol–water partition coefficient (Wildman–Crippen LogP) is 3.84. The maximum absolute atomic E-state index is 6.14. The van der Waals surface area contributed by atoms with Crippen molar-refractivity contribution in [3.05, 3.63) is 47.4 Å². The molecule has 4 heteroatoms. The third-order valence-electron chi connectivity index (χ3n) is 3.01. The molecule has 90 valence electrons. The first-order valence-electron chi connectivity index (χ1n) is 5.86. The lowest BCUT2D eigenvalue weighted by atomic mass is 10.0. The van der Waals surface area contributed by atoms with E-state index in [2.05, 4.69) is 28.2 Å². The Labute approximate surface area is 110 Å². The average Bonchev–Trinajstić information content (AvgIpc) is 2.85. The van der Waals surface area contributed by atoms with Crippen molar-refractivity contribution in [1.29, 1.82) is 0 Å². The second-order valence-corrected chi connectivity index (χ2v) is 4.61. The number of rotatable bonds is 2. The molecule has 3 rings (SSSR count). The molecule has 0 aliphatic carbocycles. The highest BCUT2D eigenvalue weighted by molar-refractivity contribution is 6.31. The fourth-order valence-corrected chi connectivity index (χ4v) is 2.31.